The topological polar surface area (TPSA) is 99.2 Å². The van der Waals surface area contributed by atoms with Crippen LogP contribution in [0.1, 0.15) is 21.9 Å². The van der Waals surface area contributed by atoms with Gasteiger partial charge in [0.1, 0.15) is 24.1 Å². The fraction of sp³-hybridized carbons (Fsp3) is 0.167. The molecule has 27 heavy (non-hydrogen) atoms. The monoisotopic (exact) mass is 363 g/mol. The van der Waals surface area contributed by atoms with E-state index in [1.54, 1.807) is 47.0 Å². The van der Waals surface area contributed by atoms with Crippen molar-refractivity contribution in [3.05, 3.63) is 60.1 Å². The summed E-state index contributed by atoms with van der Waals surface area (Å²) >= 11 is 0. The molecule has 0 aliphatic rings. The van der Waals surface area contributed by atoms with E-state index in [0.29, 0.717) is 22.8 Å². The maximum atomic E-state index is 12.8. The van der Waals surface area contributed by atoms with Gasteiger partial charge in [-0.2, -0.15) is 5.10 Å². The zero-order valence-corrected chi connectivity index (χ0v) is 15.0. The van der Waals surface area contributed by atoms with Crippen molar-refractivity contribution in [2.45, 2.75) is 13.8 Å². The average molecular weight is 363 g/mol. The number of carbonyl (C=O) groups excluding carboxylic acids is 1. The summed E-state index contributed by atoms with van der Waals surface area (Å²) < 4.78 is 8.80. The fourth-order valence-electron chi connectivity index (χ4n) is 2.83. The van der Waals surface area contributed by atoms with Crippen LogP contribution in [0.2, 0.25) is 0 Å². The third-order valence-corrected chi connectivity index (χ3v) is 4.11. The molecule has 9 heteroatoms. The van der Waals surface area contributed by atoms with Crippen LogP contribution in [0.25, 0.3) is 11.3 Å². The Labute approximate surface area is 154 Å². The molecule has 3 heterocycles. The fourth-order valence-corrected chi connectivity index (χ4v) is 2.83. The molecule has 0 atom stereocenters. The number of rotatable bonds is 4. The molecule has 0 unspecified atom stereocenters. The summed E-state index contributed by atoms with van der Waals surface area (Å²) in [5.41, 5.74) is 3.91. The number of methoxy groups -OCH3 is 1. The molecule has 0 saturated heterocycles. The van der Waals surface area contributed by atoms with Gasteiger partial charge in [-0.25, -0.2) is 9.50 Å². The quantitative estimate of drug-likeness (QED) is 0.597. The molecule has 0 radical (unpaired) electrons. The normalized spacial score (nSPS) is 10.9. The van der Waals surface area contributed by atoms with Crippen LogP contribution in [0.4, 0.5) is 5.69 Å². The number of aromatic nitrogens is 6. The zero-order valence-electron chi connectivity index (χ0n) is 15.0. The third-order valence-electron chi connectivity index (χ3n) is 4.11. The highest BCUT2D eigenvalue weighted by atomic mass is 16.5. The van der Waals surface area contributed by atoms with Crippen LogP contribution in [-0.4, -0.2) is 42.4 Å². The van der Waals surface area contributed by atoms with Crippen molar-refractivity contribution in [2.75, 3.05) is 12.4 Å². The van der Waals surface area contributed by atoms with Gasteiger partial charge in [0.15, 0.2) is 5.65 Å². The first-order valence-electron chi connectivity index (χ1n) is 8.23. The molecule has 1 amide bonds. The second-order valence-corrected chi connectivity index (χ2v) is 6.05. The molecule has 136 valence electrons. The summed E-state index contributed by atoms with van der Waals surface area (Å²) in [5.74, 6) is 0.205. The van der Waals surface area contributed by atoms with Gasteiger partial charge >= 0.3 is 0 Å². The van der Waals surface area contributed by atoms with E-state index in [1.165, 1.54) is 0 Å². The molecular weight excluding hydrogens is 346 g/mol. The number of ether oxygens (including phenoxy) is 1. The van der Waals surface area contributed by atoms with E-state index in [-0.39, 0.29) is 5.91 Å². The van der Waals surface area contributed by atoms with Gasteiger partial charge in [-0.3, -0.25) is 9.36 Å². The van der Waals surface area contributed by atoms with E-state index in [1.807, 2.05) is 26.0 Å². The molecule has 1 N–H and O–H groups in total. The average Bonchev–Trinajstić information content (AvgIpc) is 3.31. The van der Waals surface area contributed by atoms with Crippen molar-refractivity contribution in [1.82, 2.24) is 29.4 Å². The molecule has 4 aromatic rings. The van der Waals surface area contributed by atoms with Gasteiger partial charge in [0.2, 0.25) is 0 Å². The van der Waals surface area contributed by atoms with Crippen LogP contribution in [0, 0.1) is 13.8 Å². The third kappa shape index (κ3) is 3.10. The minimum absolute atomic E-state index is 0.302. The molecule has 0 saturated carbocycles. The number of fused-ring (bicyclic) bond motifs is 1. The lowest BCUT2D eigenvalue weighted by Crippen LogP contribution is -2.16. The molecule has 0 aliphatic heterocycles. The van der Waals surface area contributed by atoms with Gasteiger partial charge in [-0.15, -0.1) is 10.2 Å². The Kier molecular flexibility index (Phi) is 4.03. The summed E-state index contributed by atoms with van der Waals surface area (Å²) in [5, 5.41) is 14.8. The van der Waals surface area contributed by atoms with Crippen molar-refractivity contribution >= 4 is 17.2 Å². The molecule has 1 aromatic carbocycles. The van der Waals surface area contributed by atoms with E-state index < -0.39 is 0 Å². The molecule has 4 rings (SSSR count). The van der Waals surface area contributed by atoms with Crippen LogP contribution in [0.15, 0.2) is 43.0 Å². The van der Waals surface area contributed by atoms with Crippen LogP contribution in [0.3, 0.4) is 0 Å². The van der Waals surface area contributed by atoms with Gasteiger partial charge in [0.25, 0.3) is 5.91 Å². The SMILES string of the molecule is COc1ccc(-n2cnnc2)cc1NC(=O)c1cc(C)n2nc(C)cc2n1. The number of anilines is 1. The standard InChI is InChI=1S/C18H17N7O2/c1-11-6-17-21-15(7-12(2)25(17)23-11)18(26)22-14-8-13(4-5-16(14)27-3)24-9-19-20-10-24/h4-10H,1-3H3,(H,22,26). The summed E-state index contributed by atoms with van der Waals surface area (Å²) in [6, 6.07) is 8.94. The Morgan fingerprint density at radius 1 is 1.11 bits per heavy atom. The number of nitrogens with one attached hydrogen (secondary N) is 1. The lowest BCUT2D eigenvalue weighted by molar-refractivity contribution is 0.102. The maximum absolute atomic E-state index is 12.8. The maximum Gasteiger partial charge on any atom is 0.274 e. The number of carbonyl (C=O) groups is 1. The zero-order chi connectivity index (χ0) is 19.0. The highest BCUT2D eigenvalue weighted by molar-refractivity contribution is 6.04. The number of hydrogen-bond donors (Lipinski definition) is 1. The Morgan fingerprint density at radius 3 is 2.63 bits per heavy atom. The second kappa shape index (κ2) is 6.52. The number of nitrogens with zero attached hydrogens (tertiary/aromatic N) is 6. The van der Waals surface area contributed by atoms with Crippen molar-refractivity contribution in [1.29, 1.82) is 0 Å². The number of aryl methyl sites for hydroxylation is 2. The van der Waals surface area contributed by atoms with Gasteiger partial charge in [-0.05, 0) is 38.1 Å². The Morgan fingerprint density at radius 2 is 1.89 bits per heavy atom. The van der Waals surface area contributed by atoms with Crippen molar-refractivity contribution < 1.29 is 9.53 Å². The van der Waals surface area contributed by atoms with Gasteiger partial charge in [-0.1, -0.05) is 0 Å². The molecule has 9 nitrogen and oxygen atoms in total. The van der Waals surface area contributed by atoms with Crippen LogP contribution in [0.5, 0.6) is 5.75 Å². The summed E-state index contributed by atoms with van der Waals surface area (Å²) in [6.45, 7) is 3.76. The largest absolute Gasteiger partial charge is 0.495 e. The molecule has 0 spiro atoms. The van der Waals surface area contributed by atoms with E-state index >= 15 is 0 Å². The van der Waals surface area contributed by atoms with E-state index in [4.69, 9.17) is 4.74 Å². The molecule has 3 aromatic heterocycles. The Bertz CT molecular complexity index is 1130. The minimum atomic E-state index is -0.335. The Balaban J connectivity index is 1.69. The number of amides is 1. The first-order valence-corrected chi connectivity index (χ1v) is 8.23. The van der Waals surface area contributed by atoms with Gasteiger partial charge in [0.05, 0.1) is 24.2 Å². The van der Waals surface area contributed by atoms with Gasteiger partial charge in [0, 0.05) is 11.8 Å². The van der Waals surface area contributed by atoms with E-state index in [9.17, 15) is 4.79 Å². The van der Waals surface area contributed by atoms with Crippen LogP contribution in [-0.2, 0) is 0 Å². The first kappa shape index (κ1) is 16.7. The predicted molar refractivity (Wildman–Crippen MR) is 98.3 cm³/mol. The second-order valence-electron chi connectivity index (χ2n) is 6.05. The lowest BCUT2D eigenvalue weighted by Gasteiger charge is -2.12. The Hall–Kier alpha value is -3.75. The van der Waals surface area contributed by atoms with Crippen molar-refractivity contribution in [3.8, 4) is 11.4 Å². The van der Waals surface area contributed by atoms with Crippen LogP contribution < -0.4 is 10.1 Å². The molecular formula is C18H17N7O2. The highest BCUT2D eigenvalue weighted by Gasteiger charge is 2.15. The van der Waals surface area contributed by atoms with Crippen molar-refractivity contribution in [2.24, 2.45) is 0 Å². The predicted octanol–water partition coefficient (Wildman–Crippen LogP) is 2.19. The number of benzene rings is 1. The molecule has 0 fully saturated rings. The minimum Gasteiger partial charge on any atom is -0.495 e. The lowest BCUT2D eigenvalue weighted by atomic mass is 10.2. The van der Waals surface area contributed by atoms with Crippen LogP contribution >= 0.6 is 0 Å². The van der Waals surface area contributed by atoms with Crippen molar-refractivity contribution in [3.63, 3.8) is 0 Å². The number of hydrogen-bond acceptors (Lipinski definition) is 6. The summed E-state index contributed by atoms with van der Waals surface area (Å²) in [4.78, 5) is 17.2. The van der Waals surface area contributed by atoms with E-state index in [2.05, 4.69) is 25.6 Å². The van der Waals surface area contributed by atoms with E-state index in [0.717, 1.165) is 17.1 Å². The summed E-state index contributed by atoms with van der Waals surface area (Å²) in [7, 11) is 1.55. The smallest absolute Gasteiger partial charge is 0.274 e. The molecule has 0 aliphatic carbocycles. The highest BCUT2D eigenvalue weighted by Crippen LogP contribution is 2.27. The van der Waals surface area contributed by atoms with Gasteiger partial charge < -0.3 is 10.1 Å². The first-order chi connectivity index (χ1) is 13.0. The summed E-state index contributed by atoms with van der Waals surface area (Å²) in [6.07, 6.45) is 3.16. The molecule has 0 bridgehead atoms.